The number of methoxy groups -OCH3 is 4. The molecule has 4 atom stereocenters. The van der Waals surface area contributed by atoms with Crippen molar-refractivity contribution in [3.05, 3.63) is 12.2 Å². The zero-order valence-corrected chi connectivity index (χ0v) is 12.7. The van der Waals surface area contributed by atoms with Crippen LogP contribution in [0.5, 0.6) is 0 Å². The first-order valence-corrected chi connectivity index (χ1v) is 6.42. The smallest absolute Gasteiger partial charge is 0.313 e. The SMILES string of the molecule is COC(=O)C1C=CC(C(=O)OC)C(C(=O)OC)C1C(=O)OC. The molecule has 8 nitrogen and oxygen atoms in total. The van der Waals surface area contributed by atoms with Gasteiger partial charge in [0.05, 0.1) is 52.1 Å². The summed E-state index contributed by atoms with van der Waals surface area (Å²) in [5.41, 5.74) is 0. The summed E-state index contributed by atoms with van der Waals surface area (Å²) < 4.78 is 18.6. The summed E-state index contributed by atoms with van der Waals surface area (Å²) in [5.74, 6) is -7.65. The van der Waals surface area contributed by atoms with Crippen LogP contribution in [0.25, 0.3) is 0 Å². The van der Waals surface area contributed by atoms with Crippen LogP contribution in [0.3, 0.4) is 0 Å². The molecule has 0 aromatic heterocycles. The Bertz CT molecular complexity index is 451. The Balaban J connectivity index is 3.37. The molecule has 1 rings (SSSR count). The number of esters is 4. The predicted octanol–water partition coefficient (Wildman–Crippen LogP) is -0.287. The van der Waals surface area contributed by atoms with Crippen LogP contribution in [0.4, 0.5) is 0 Å². The maximum absolute atomic E-state index is 12.1. The van der Waals surface area contributed by atoms with Gasteiger partial charge >= 0.3 is 23.9 Å². The second-order valence-electron chi connectivity index (χ2n) is 4.58. The van der Waals surface area contributed by atoms with E-state index in [-0.39, 0.29) is 0 Å². The fourth-order valence-corrected chi connectivity index (χ4v) is 2.51. The lowest BCUT2D eigenvalue weighted by Gasteiger charge is -2.33. The highest BCUT2D eigenvalue weighted by Crippen LogP contribution is 2.37. The van der Waals surface area contributed by atoms with Gasteiger partial charge < -0.3 is 18.9 Å². The average molecular weight is 314 g/mol. The molecule has 8 heteroatoms. The summed E-state index contributed by atoms with van der Waals surface area (Å²) in [6.07, 6.45) is 2.68. The Labute approximate surface area is 127 Å². The highest BCUT2D eigenvalue weighted by molar-refractivity contribution is 5.92. The molecule has 0 heterocycles. The van der Waals surface area contributed by atoms with Crippen molar-refractivity contribution >= 4 is 23.9 Å². The van der Waals surface area contributed by atoms with E-state index in [2.05, 4.69) is 18.9 Å². The highest BCUT2D eigenvalue weighted by Gasteiger charge is 2.51. The van der Waals surface area contributed by atoms with Gasteiger partial charge in [-0.3, -0.25) is 19.2 Å². The Morgan fingerprint density at radius 2 is 0.864 bits per heavy atom. The summed E-state index contributed by atoms with van der Waals surface area (Å²) in [6, 6.07) is 0. The summed E-state index contributed by atoms with van der Waals surface area (Å²) in [5, 5.41) is 0. The van der Waals surface area contributed by atoms with Crippen LogP contribution < -0.4 is 0 Å². The maximum Gasteiger partial charge on any atom is 0.313 e. The van der Waals surface area contributed by atoms with E-state index in [0.717, 1.165) is 28.4 Å². The van der Waals surface area contributed by atoms with Crippen molar-refractivity contribution in [1.82, 2.24) is 0 Å². The third-order valence-electron chi connectivity index (χ3n) is 3.58. The van der Waals surface area contributed by atoms with Crippen LogP contribution in [0, 0.1) is 23.7 Å². The molecule has 4 unspecified atom stereocenters. The standard InChI is InChI=1S/C14H18O8/c1-19-11(15)7-5-6-8(12(16)20-2)10(14(18)22-4)9(7)13(17)21-3/h5-10H,1-4H3. The van der Waals surface area contributed by atoms with E-state index in [4.69, 9.17) is 0 Å². The molecule has 0 bridgehead atoms. The van der Waals surface area contributed by atoms with Gasteiger partial charge in [-0.1, -0.05) is 12.2 Å². The number of carbonyl (C=O) groups excluding carboxylic acids is 4. The predicted molar refractivity (Wildman–Crippen MR) is 71.2 cm³/mol. The molecule has 0 radical (unpaired) electrons. The van der Waals surface area contributed by atoms with E-state index in [1.165, 1.54) is 12.2 Å². The van der Waals surface area contributed by atoms with Gasteiger partial charge in [0.25, 0.3) is 0 Å². The molecule has 0 aliphatic heterocycles. The van der Waals surface area contributed by atoms with E-state index in [1.807, 2.05) is 0 Å². The zero-order valence-electron chi connectivity index (χ0n) is 12.7. The van der Waals surface area contributed by atoms with Gasteiger partial charge in [-0.2, -0.15) is 0 Å². The van der Waals surface area contributed by atoms with Crippen molar-refractivity contribution in [2.45, 2.75) is 0 Å². The number of hydrogen-bond acceptors (Lipinski definition) is 8. The monoisotopic (exact) mass is 314 g/mol. The van der Waals surface area contributed by atoms with Crippen LogP contribution in [-0.4, -0.2) is 52.3 Å². The Kier molecular flexibility index (Phi) is 6.09. The molecular formula is C14H18O8. The normalized spacial score (nSPS) is 26.7. The third kappa shape index (κ3) is 3.26. The molecule has 0 aromatic carbocycles. The van der Waals surface area contributed by atoms with Gasteiger partial charge in [0, 0.05) is 0 Å². The molecule has 0 spiro atoms. The fraction of sp³-hybridized carbons (Fsp3) is 0.571. The molecule has 0 amide bonds. The summed E-state index contributed by atoms with van der Waals surface area (Å²) in [6.45, 7) is 0. The van der Waals surface area contributed by atoms with Crippen LogP contribution >= 0.6 is 0 Å². The molecule has 0 saturated carbocycles. The highest BCUT2D eigenvalue weighted by atomic mass is 16.5. The van der Waals surface area contributed by atoms with Crippen molar-refractivity contribution in [1.29, 1.82) is 0 Å². The quantitative estimate of drug-likeness (QED) is 0.396. The van der Waals surface area contributed by atoms with E-state index < -0.39 is 47.5 Å². The molecule has 0 N–H and O–H groups in total. The lowest BCUT2D eigenvalue weighted by atomic mass is 9.70. The zero-order chi connectivity index (χ0) is 16.9. The topological polar surface area (TPSA) is 105 Å². The van der Waals surface area contributed by atoms with Gasteiger partial charge in [-0.25, -0.2) is 0 Å². The number of rotatable bonds is 4. The van der Waals surface area contributed by atoms with Gasteiger partial charge in [0.2, 0.25) is 0 Å². The fourth-order valence-electron chi connectivity index (χ4n) is 2.51. The largest absolute Gasteiger partial charge is 0.469 e. The first-order chi connectivity index (χ1) is 10.4. The molecule has 0 fully saturated rings. The molecule has 0 saturated heterocycles. The molecule has 122 valence electrons. The van der Waals surface area contributed by atoms with E-state index in [1.54, 1.807) is 0 Å². The van der Waals surface area contributed by atoms with Gasteiger partial charge in [-0.15, -0.1) is 0 Å². The van der Waals surface area contributed by atoms with Crippen molar-refractivity contribution in [3.63, 3.8) is 0 Å². The minimum Gasteiger partial charge on any atom is -0.469 e. The molecular weight excluding hydrogens is 296 g/mol. The van der Waals surface area contributed by atoms with Gasteiger partial charge in [-0.05, 0) is 0 Å². The first kappa shape index (κ1) is 17.7. The minimum atomic E-state index is -1.24. The van der Waals surface area contributed by atoms with Crippen LogP contribution in [0.15, 0.2) is 12.2 Å². The van der Waals surface area contributed by atoms with Gasteiger partial charge in [0.1, 0.15) is 0 Å². The van der Waals surface area contributed by atoms with E-state index >= 15 is 0 Å². The Morgan fingerprint density at radius 3 is 1.09 bits per heavy atom. The lowest BCUT2D eigenvalue weighted by molar-refractivity contribution is -0.170. The maximum atomic E-state index is 12.1. The van der Waals surface area contributed by atoms with Crippen molar-refractivity contribution in [3.8, 4) is 0 Å². The molecule has 1 aliphatic rings. The summed E-state index contributed by atoms with van der Waals surface area (Å²) >= 11 is 0. The lowest BCUT2D eigenvalue weighted by Crippen LogP contribution is -2.47. The van der Waals surface area contributed by atoms with Crippen LogP contribution in [-0.2, 0) is 38.1 Å². The van der Waals surface area contributed by atoms with E-state index in [0.29, 0.717) is 0 Å². The molecule has 22 heavy (non-hydrogen) atoms. The van der Waals surface area contributed by atoms with Crippen molar-refractivity contribution in [2.24, 2.45) is 23.7 Å². The second-order valence-corrected chi connectivity index (χ2v) is 4.58. The first-order valence-electron chi connectivity index (χ1n) is 6.42. The minimum absolute atomic E-state index is 0.719. The van der Waals surface area contributed by atoms with Crippen LogP contribution in [0.2, 0.25) is 0 Å². The van der Waals surface area contributed by atoms with Crippen molar-refractivity contribution in [2.75, 3.05) is 28.4 Å². The molecule has 1 aliphatic carbocycles. The summed E-state index contributed by atoms with van der Waals surface area (Å²) in [4.78, 5) is 47.8. The number of ether oxygens (including phenoxy) is 4. The second kappa shape index (κ2) is 7.58. The number of carbonyl (C=O) groups is 4. The van der Waals surface area contributed by atoms with Gasteiger partial charge in [0.15, 0.2) is 0 Å². The molecule has 0 aromatic rings. The van der Waals surface area contributed by atoms with E-state index in [9.17, 15) is 19.2 Å². The average Bonchev–Trinajstić information content (AvgIpc) is 2.57. The Morgan fingerprint density at radius 1 is 0.591 bits per heavy atom. The third-order valence-corrected chi connectivity index (χ3v) is 3.58. The Hall–Kier alpha value is -2.38. The summed E-state index contributed by atoms with van der Waals surface area (Å²) in [7, 11) is 4.56. The number of hydrogen-bond donors (Lipinski definition) is 0. The van der Waals surface area contributed by atoms with Crippen molar-refractivity contribution < 1.29 is 38.1 Å². The van der Waals surface area contributed by atoms with Crippen LogP contribution in [0.1, 0.15) is 0 Å².